The number of hydrogen-bond acceptors (Lipinski definition) is 5. The largest absolute Gasteiger partial charge is 0.357 e. The molecule has 1 aliphatic heterocycles. The highest BCUT2D eigenvalue weighted by atomic mass is 19.2. The van der Waals surface area contributed by atoms with Crippen molar-refractivity contribution in [1.29, 1.82) is 0 Å². The van der Waals surface area contributed by atoms with Crippen LogP contribution < -0.4 is 15.6 Å². The summed E-state index contributed by atoms with van der Waals surface area (Å²) < 4.78 is 26.9. The van der Waals surface area contributed by atoms with E-state index < -0.39 is 17.6 Å². The molecule has 9 heteroatoms. The molecule has 1 saturated carbocycles. The Morgan fingerprint density at radius 2 is 1.94 bits per heavy atom. The van der Waals surface area contributed by atoms with Crippen LogP contribution in [0.15, 0.2) is 35.2 Å². The van der Waals surface area contributed by atoms with Gasteiger partial charge < -0.3 is 9.88 Å². The minimum absolute atomic E-state index is 0.288. The fourth-order valence-corrected chi connectivity index (χ4v) is 5.29. The molecule has 2 fully saturated rings. The van der Waals surface area contributed by atoms with Gasteiger partial charge in [0.2, 0.25) is 0 Å². The number of piperidine rings is 1. The molecule has 1 amide bonds. The monoisotopic (exact) mass is 483 g/mol. The molecule has 0 atom stereocenters. The predicted octanol–water partition coefficient (Wildman–Crippen LogP) is 4.68. The number of halogens is 2. The number of imidazole rings is 1. The van der Waals surface area contributed by atoms with Gasteiger partial charge >= 0.3 is 0 Å². The maximum absolute atomic E-state index is 13.8. The smallest absolute Gasteiger partial charge is 0.286 e. The van der Waals surface area contributed by atoms with E-state index >= 15 is 0 Å². The molecule has 1 spiro atoms. The molecule has 7 nitrogen and oxygen atoms in total. The van der Waals surface area contributed by atoms with Gasteiger partial charge in [0.15, 0.2) is 5.83 Å². The van der Waals surface area contributed by atoms with E-state index in [-0.39, 0.29) is 12.3 Å². The molecule has 186 valence electrons. The fourth-order valence-electron chi connectivity index (χ4n) is 5.29. The number of carbonyl (C=O) groups is 1. The van der Waals surface area contributed by atoms with Gasteiger partial charge in [-0.1, -0.05) is 6.08 Å². The predicted molar refractivity (Wildman–Crippen MR) is 132 cm³/mol. The summed E-state index contributed by atoms with van der Waals surface area (Å²) in [4.78, 5) is 36.2. The van der Waals surface area contributed by atoms with E-state index in [2.05, 4.69) is 25.0 Å². The zero-order valence-electron chi connectivity index (χ0n) is 20.2. The number of nitroso groups, excluding NO2 is 1. The van der Waals surface area contributed by atoms with Crippen molar-refractivity contribution < 1.29 is 13.6 Å². The summed E-state index contributed by atoms with van der Waals surface area (Å²) in [5.41, 5.74) is 1.09. The minimum atomic E-state index is -0.931. The van der Waals surface area contributed by atoms with Gasteiger partial charge in [0.05, 0.1) is 10.7 Å². The molecule has 0 aromatic carbocycles. The van der Waals surface area contributed by atoms with Gasteiger partial charge in [-0.2, -0.15) is 0 Å². The minimum Gasteiger partial charge on any atom is -0.357 e. The van der Waals surface area contributed by atoms with Crippen molar-refractivity contribution in [3.05, 3.63) is 45.6 Å². The number of amides is 1. The number of nitrogens with zero attached hydrogens (tertiary/aromatic N) is 4. The second kappa shape index (κ2) is 10.6. The van der Waals surface area contributed by atoms with Crippen molar-refractivity contribution >= 4 is 23.9 Å². The molecule has 2 aromatic heterocycles. The molecule has 1 N–H and O–H groups in total. The second-order valence-corrected chi connectivity index (χ2v) is 9.72. The van der Waals surface area contributed by atoms with Crippen LogP contribution in [0, 0.1) is 16.2 Å². The Balaban J connectivity index is 1.40. The number of H-pyrrole nitrogens is 1. The van der Waals surface area contributed by atoms with E-state index in [0.29, 0.717) is 21.9 Å². The Morgan fingerprint density at radius 1 is 1.23 bits per heavy atom. The average Bonchev–Trinajstić information content (AvgIpc) is 3.28. The summed E-state index contributed by atoms with van der Waals surface area (Å²) in [5.74, 6) is -0.595. The van der Waals surface area contributed by atoms with Gasteiger partial charge in [0, 0.05) is 42.5 Å². The first-order valence-corrected chi connectivity index (χ1v) is 12.2. The van der Waals surface area contributed by atoms with Gasteiger partial charge in [-0.15, -0.1) is 4.91 Å². The number of allylic oxidation sites excluding steroid dienone is 2. The van der Waals surface area contributed by atoms with Gasteiger partial charge in [0.1, 0.15) is 17.5 Å². The summed E-state index contributed by atoms with van der Waals surface area (Å²) >= 11 is 0. The molecule has 4 rings (SSSR count). The number of pyridine rings is 1. The van der Waals surface area contributed by atoms with Crippen LogP contribution in [0.5, 0.6) is 0 Å². The van der Waals surface area contributed by atoms with Crippen molar-refractivity contribution in [3.8, 4) is 11.4 Å². The molecule has 0 unspecified atom stereocenters. The zero-order valence-corrected chi connectivity index (χ0v) is 20.2. The Labute approximate surface area is 203 Å². The lowest BCUT2D eigenvalue weighted by atomic mass is 9.65. The summed E-state index contributed by atoms with van der Waals surface area (Å²) in [6.07, 6.45) is 11.2. The summed E-state index contributed by atoms with van der Waals surface area (Å²) in [6.45, 7) is 4.72. The highest BCUT2D eigenvalue weighted by molar-refractivity contribution is 5.76. The van der Waals surface area contributed by atoms with Crippen molar-refractivity contribution in [2.45, 2.75) is 58.8 Å². The van der Waals surface area contributed by atoms with Crippen LogP contribution in [0.25, 0.3) is 23.5 Å². The first-order valence-electron chi connectivity index (χ1n) is 12.2. The maximum atomic E-state index is 13.8. The third-order valence-corrected chi connectivity index (χ3v) is 7.54. The number of hydrogen-bond donors (Lipinski definition) is 1. The number of rotatable bonds is 5. The third-order valence-electron chi connectivity index (χ3n) is 7.54. The van der Waals surface area contributed by atoms with Crippen molar-refractivity contribution in [2.24, 2.45) is 16.5 Å². The molecule has 3 heterocycles. The molecule has 0 bridgehead atoms. The number of nitrogens with one attached hydrogen (secondary N) is 1. The van der Waals surface area contributed by atoms with Crippen LogP contribution in [0.1, 0.15) is 58.8 Å². The third kappa shape index (κ3) is 5.71. The summed E-state index contributed by atoms with van der Waals surface area (Å²) in [7, 11) is 0. The van der Waals surface area contributed by atoms with E-state index in [0.717, 1.165) is 76.0 Å². The standard InChI is InChI=1S/C26H31F2N5O2/c1-3-21-22(15-20(28)17(2)27)31-25(30-21)19-4-5-23(29-16-19)33-12-10-26(11-13-33)8-6-18(7-9-26)14-24(34)32-35/h3-5,15-16,18H,6-14H2,1-2H3,(H,30,31)/b20-17?,21-3+,22-15+. The SMILES string of the molecule is C/C=c1/nc(-c2ccc(N3CCC4(CCC(CC(=O)N=O)CC4)CC3)nc2)[nH]/c1=C/C(F)=C(C)F. The van der Waals surface area contributed by atoms with Gasteiger partial charge in [-0.05, 0) is 75.8 Å². The van der Waals surface area contributed by atoms with Crippen LogP contribution in [0.3, 0.4) is 0 Å². The Hall–Kier alpha value is -3.23. The highest BCUT2D eigenvalue weighted by Crippen LogP contribution is 2.47. The number of aromatic nitrogens is 3. The molecule has 1 saturated heterocycles. The lowest BCUT2D eigenvalue weighted by Crippen LogP contribution is -2.42. The second-order valence-electron chi connectivity index (χ2n) is 9.72. The first-order chi connectivity index (χ1) is 16.8. The summed E-state index contributed by atoms with van der Waals surface area (Å²) in [5, 5.41) is 3.49. The normalized spacial score (nSPS) is 20.3. The average molecular weight is 484 g/mol. The van der Waals surface area contributed by atoms with Crippen LogP contribution in [0.4, 0.5) is 14.6 Å². The van der Waals surface area contributed by atoms with Crippen LogP contribution in [-0.4, -0.2) is 33.9 Å². The summed E-state index contributed by atoms with van der Waals surface area (Å²) in [6, 6.07) is 3.90. The topological polar surface area (TPSA) is 91.3 Å². The maximum Gasteiger partial charge on any atom is 0.286 e. The zero-order chi connectivity index (χ0) is 25.0. The van der Waals surface area contributed by atoms with E-state index in [9.17, 15) is 18.5 Å². The Morgan fingerprint density at radius 3 is 2.51 bits per heavy atom. The molecule has 35 heavy (non-hydrogen) atoms. The number of carbonyl (C=O) groups excluding carboxylic acids is 1. The van der Waals surface area contributed by atoms with Crippen molar-refractivity contribution in [3.63, 3.8) is 0 Å². The van der Waals surface area contributed by atoms with Gasteiger partial charge in [-0.3, -0.25) is 4.79 Å². The van der Waals surface area contributed by atoms with Gasteiger partial charge in [-0.25, -0.2) is 18.7 Å². The number of anilines is 1. The number of aromatic amines is 1. The van der Waals surface area contributed by atoms with Crippen molar-refractivity contribution in [2.75, 3.05) is 18.0 Å². The molecule has 2 aliphatic rings. The van der Waals surface area contributed by atoms with Crippen LogP contribution in [-0.2, 0) is 4.79 Å². The molecular weight excluding hydrogens is 452 g/mol. The van der Waals surface area contributed by atoms with E-state index in [1.807, 2.05) is 12.1 Å². The molecule has 1 aliphatic carbocycles. The molecule has 0 radical (unpaired) electrons. The Kier molecular flexibility index (Phi) is 7.52. The lowest BCUT2D eigenvalue weighted by molar-refractivity contribution is -0.119. The van der Waals surface area contributed by atoms with Crippen LogP contribution >= 0.6 is 0 Å². The quantitative estimate of drug-likeness (QED) is 0.624. The van der Waals surface area contributed by atoms with Gasteiger partial charge in [0.25, 0.3) is 5.91 Å². The highest BCUT2D eigenvalue weighted by Gasteiger charge is 2.38. The van der Waals surface area contributed by atoms with Crippen LogP contribution in [0.2, 0.25) is 0 Å². The fraction of sp³-hybridized carbons (Fsp3) is 0.500. The van der Waals surface area contributed by atoms with E-state index in [1.165, 1.54) is 0 Å². The van der Waals surface area contributed by atoms with Crippen molar-refractivity contribution in [1.82, 2.24) is 15.0 Å². The first kappa shape index (κ1) is 24.9. The lowest BCUT2D eigenvalue weighted by Gasteiger charge is -2.46. The Bertz CT molecular complexity index is 1210. The van der Waals surface area contributed by atoms with E-state index in [4.69, 9.17) is 0 Å². The molecular formula is C26H31F2N5O2. The van der Waals surface area contributed by atoms with E-state index in [1.54, 1.807) is 19.2 Å². The molecule has 2 aromatic rings.